The van der Waals surface area contributed by atoms with Crippen molar-refractivity contribution in [3.63, 3.8) is 0 Å². The van der Waals surface area contributed by atoms with Crippen molar-refractivity contribution in [1.29, 1.82) is 0 Å². The number of amides is 1. The monoisotopic (exact) mass is 874 g/mol. The van der Waals surface area contributed by atoms with Crippen LogP contribution in [-0.2, 0) is 14.3 Å². The minimum Gasteiger partial charge on any atom is -0.466 e. The van der Waals surface area contributed by atoms with Gasteiger partial charge in [0.25, 0.3) is 0 Å². The number of esters is 1. The SMILES string of the molecule is CCCCCCCCCCC/C=C/C(O)C(CO)NC(=O)CCCCCCCCC/C=C\CCCCCCOC(=O)CCCCCCCCCCCCCCCCCCCCC. The molecule has 0 rings (SSSR count). The van der Waals surface area contributed by atoms with E-state index in [9.17, 15) is 19.8 Å². The molecule has 0 aromatic carbocycles. The summed E-state index contributed by atoms with van der Waals surface area (Å²) in [4.78, 5) is 24.5. The van der Waals surface area contributed by atoms with Crippen molar-refractivity contribution in [3.8, 4) is 0 Å². The van der Waals surface area contributed by atoms with Gasteiger partial charge in [-0.3, -0.25) is 9.59 Å². The van der Waals surface area contributed by atoms with E-state index in [1.807, 2.05) is 6.08 Å². The first kappa shape index (κ1) is 60.3. The number of nitrogens with one attached hydrogen (secondary N) is 1. The molecule has 6 heteroatoms. The quantitative estimate of drug-likeness (QED) is 0.0321. The first-order valence-corrected chi connectivity index (χ1v) is 27.6. The number of allylic oxidation sites excluding steroid dienone is 3. The van der Waals surface area contributed by atoms with E-state index in [4.69, 9.17) is 4.74 Å². The van der Waals surface area contributed by atoms with Crippen LogP contribution in [-0.4, -0.2) is 47.4 Å². The maximum Gasteiger partial charge on any atom is 0.305 e. The van der Waals surface area contributed by atoms with E-state index in [0.29, 0.717) is 19.4 Å². The van der Waals surface area contributed by atoms with E-state index in [-0.39, 0.29) is 18.5 Å². The van der Waals surface area contributed by atoms with Crippen molar-refractivity contribution in [3.05, 3.63) is 24.3 Å². The molecule has 366 valence electrons. The summed E-state index contributed by atoms with van der Waals surface area (Å²) in [5.41, 5.74) is 0. The molecule has 0 heterocycles. The van der Waals surface area contributed by atoms with Crippen LogP contribution >= 0.6 is 0 Å². The molecule has 0 saturated carbocycles. The molecule has 62 heavy (non-hydrogen) atoms. The summed E-state index contributed by atoms with van der Waals surface area (Å²) in [7, 11) is 0. The number of carbonyl (C=O) groups excluding carboxylic acids is 2. The maximum absolute atomic E-state index is 12.4. The Morgan fingerprint density at radius 2 is 0.758 bits per heavy atom. The fourth-order valence-electron chi connectivity index (χ4n) is 8.45. The highest BCUT2D eigenvalue weighted by atomic mass is 16.5. The third-order valence-electron chi connectivity index (χ3n) is 12.7. The molecular weight excluding hydrogens is 767 g/mol. The van der Waals surface area contributed by atoms with E-state index in [0.717, 1.165) is 70.6 Å². The summed E-state index contributed by atoms with van der Waals surface area (Å²) >= 11 is 0. The number of hydrogen-bond acceptors (Lipinski definition) is 5. The number of unbranched alkanes of at least 4 members (excludes halogenated alkanes) is 38. The zero-order valence-corrected chi connectivity index (χ0v) is 41.6. The van der Waals surface area contributed by atoms with Gasteiger partial charge in [-0.15, -0.1) is 0 Å². The first-order chi connectivity index (χ1) is 30.5. The molecule has 0 bridgehead atoms. The molecule has 0 radical (unpaired) electrons. The maximum atomic E-state index is 12.4. The Morgan fingerprint density at radius 1 is 0.435 bits per heavy atom. The van der Waals surface area contributed by atoms with Crippen LogP contribution < -0.4 is 5.32 Å². The molecule has 0 saturated heterocycles. The number of hydrogen-bond donors (Lipinski definition) is 3. The summed E-state index contributed by atoms with van der Waals surface area (Å²) in [6, 6.07) is -0.637. The first-order valence-electron chi connectivity index (χ1n) is 27.6. The zero-order valence-electron chi connectivity index (χ0n) is 41.6. The fraction of sp³-hybridized carbons (Fsp3) is 0.893. The van der Waals surface area contributed by atoms with Crippen LogP contribution in [0.15, 0.2) is 24.3 Å². The highest BCUT2D eigenvalue weighted by Crippen LogP contribution is 2.16. The molecule has 2 unspecified atom stereocenters. The number of aliphatic hydroxyl groups is 2. The highest BCUT2D eigenvalue weighted by molar-refractivity contribution is 5.76. The lowest BCUT2D eigenvalue weighted by atomic mass is 10.0. The van der Waals surface area contributed by atoms with E-state index in [1.54, 1.807) is 6.08 Å². The topological polar surface area (TPSA) is 95.9 Å². The van der Waals surface area contributed by atoms with E-state index in [2.05, 4.69) is 31.3 Å². The third kappa shape index (κ3) is 47.8. The highest BCUT2D eigenvalue weighted by Gasteiger charge is 2.18. The summed E-state index contributed by atoms with van der Waals surface area (Å²) in [6.45, 7) is 4.86. The van der Waals surface area contributed by atoms with Crippen molar-refractivity contribution in [2.75, 3.05) is 13.2 Å². The molecule has 0 aliphatic carbocycles. The second-order valence-electron chi connectivity index (χ2n) is 18.9. The third-order valence-corrected chi connectivity index (χ3v) is 12.7. The Bertz CT molecular complexity index is 966. The Morgan fingerprint density at radius 3 is 1.15 bits per heavy atom. The van der Waals surface area contributed by atoms with Crippen molar-refractivity contribution in [1.82, 2.24) is 5.32 Å². The van der Waals surface area contributed by atoms with Gasteiger partial charge in [0.1, 0.15) is 0 Å². The largest absolute Gasteiger partial charge is 0.466 e. The molecule has 3 N–H and O–H groups in total. The molecule has 1 amide bonds. The molecule has 0 aliphatic heterocycles. The van der Waals surface area contributed by atoms with Gasteiger partial charge in [0.15, 0.2) is 0 Å². The minimum absolute atomic E-state index is 0.00677. The van der Waals surface area contributed by atoms with E-state index >= 15 is 0 Å². The van der Waals surface area contributed by atoms with Gasteiger partial charge in [-0.25, -0.2) is 0 Å². The van der Waals surface area contributed by atoms with Gasteiger partial charge in [0.2, 0.25) is 5.91 Å². The van der Waals surface area contributed by atoms with Crippen LogP contribution in [0.25, 0.3) is 0 Å². The van der Waals surface area contributed by atoms with Crippen molar-refractivity contribution >= 4 is 11.9 Å². The number of rotatable bonds is 51. The molecule has 0 aliphatic rings. The van der Waals surface area contributed by atoms with E-state index in [1.165, 1.54) is 199 Å². The minimum atomic E-state index is -0.852. The second kappa shape index (κ2) is 52.0. The van der Waals surface area contributed by atoms with E-state index < -0.39 is 12.1 Å². The lowest BCUT2D eigenvalue weighted by Crippen LogP contribution is -2.45. The Kier molecular flexibility index (Phi) is 50.6. The van der Waals surface area contributed by atoms with Gasteiger partial charge in [-0.2, -0.15) is 0 Å². The smallest absolute Gasteiger partial charge is 0.305 e. The molecule has 2 atom stereocenters. The average Bonchev–Trinajstić information content (AvgIpc) is 3.27. The molecule has 0 spiro atoms. The van der Waals surface area contributed by atoms with Crippen LogP contribution in [0.1, 0.15) is 296 Å². The van der Waals surface area contributed by atoms with Gasteiger partial charge in [0.05, 0.1) is 25.4 Å². The zero-order chi connectivity index (χ0) is 45.1. The van der Waals surface area contributed by atoms with Gasteiger partial charge in [0, 0.05) is 12.8 Å². The van der Waals surface area contributed by atoms with Gasteiger partial charge < -0.3 is 20.3 Å². The standard InChI is InChI=1S/C56H107NO5/c1-3-5-7-9-11-13-15-16-17-18-19-20-23-26-30-34-38-42-46-50-56(61)62-51-47-43-39-35-31-27-24-21-22-25-29-33-37-41-45-49-55(60)57-53(52-58)54(59)48-44-40-36-32-28-14-12-10-8-6-4-2/h24,27,44,48,53-54,58-59H,3-23,25-26,28-43,45-47,49-52H2,1-2H3,(H,57,60)/b27-24-,48-44+. The predicted octanol–water partition coefficient (Wildman–Crippen LogP) is 16.7. The van der Waals surface area contributed by atoms with Crippen LogP contribution in [0.2, 0.25) is 0 Å². The van der Waals surface area contributed by atoms with Crippen LogP contribution in [0.4, 0.5) is 0 Å². The lowest BCUT2D eigenvalue weighted by molar-refractivity contribution is -0.143. The molecule has 0 fully saturated rings. The van der Waals surface area contributed by atoms with Crippen molar-refractivity contribution in [2.45, 2.75) is 309 Å². The molecule has 0 aromatic heterocycles. The predicted molar refractivity (Wildman–Crippen MR) is 269 cm³/mol. The number of carbonyl (C=O) groups is 2. The normalized spacial score (nSPS) is 12.8. The van der Waals surface area contributed by atoms with Gasteiger partial charge >= 0.3 is 5.97 Å². The van der Waals surface area contributed by atoms with Crippen LogP contribution in [0.3, 0.4) is 0 Å². The Balaban J connectivity index is 3.45. The van der Waals surface area contributed by atoms with Crippen molar-refractivity contribution in [2.24, 2.45) is 0 Å². The van der Waals surface area contributed by atoms with Crippen LogP contribution in [0, 0.1) is 0 Å². The Hall–Kier alpha value is -1.66. The lowest BCUT2D eigenvalue weighted by Gasteiger charge is -2.20. The summed E-state index contributed by atoms with van der Waals surface area (Å²) in [5.74, 6) is -0.0909. The number of aliphatic hydroxyl groups excluding tert-OH is 2. The van der Waals surface area contributed by atoms with Gasteiger partial charge in [-0.05, 0) is 57.8 Å². The molecular formula is C56H107NO5. The van der Waals surface area contributed by atoms with Gasteiger partial charge in [-0.1, -0.05) is 250 Å². The van der Waals surface area contributed by atoms with Crippen LogP contribution in [0.5, 0.6) is 0 Å². The summed E-state index contributed by atoms with van der Waals surface area (Å²) < 4.78 is 5.47. The molecule has 0 aromatic rings. The molecule has 6 nitrogen and oxygen atoms in total. The number of ether oxygens (including phenoxy) is 1. The fourth-order valence-corrected chi connectivity index (χ4v) is 8.45. The van der Waals surface area contributed by atoms with Crippen molar-refractivity contribution < 1.29 is 24.5 Å². The summed E-state index contributed by atoms with van der Waals surface area (Å²) in [5, 5.41) is 23.0. The Labute approximate surface area is 386 Å². The summed E-state index contributed by atoms with van der Waals surface area (Å²) in [6.07, 6.45) is 62.0. The average molecular weight is 874 g/mol. The second-order valence-corrected chi connectivity index (χ2v) is 18.9.